The molecule has 1 rings (SSSR count). The molecule has 0 bridgehead atoms. The third-order valence-electron chi connectivity index (χ3n) is 2.71. The van der Waals surface area contributed by atoms with E-state index in [9.17, 15) is 0 Å². The summed E-state index contributed by atoms with van der Waals surface area (Å²) in [6, 6.07) is 4.13. The normalized spacial score (nSPS) is 11.4. The maximum Gasteiger partial charge on any atom is 0.138 e. The fourth-order valence-corrected chi connectivity index (χ4v) is 3.26. The molecule has 0 fully saturated rings. The van der Waals surface area contributed by atoms with Gasteiger partial charge in [-0.05, 0) is 75.5 Å². The maximum absolute atomic E-state index is 5.91. The summed E-state index contributed by atoms with van der Waals surface area (Å²) < 4.78 is 7.96. The molecule has 114 valence electrons. The molecular weight excluding hydrogens is 384 g/mol. The summed E-state index contributed by atoms with van der Waals surface area (Å²) in [5.41, 5.74) is 1.17. The smallest absolute Gasteiger partial charge is 0.138 e. The number of ether oxygens (including phenoxy) is 1. The standard InChI is InChI=1S/C15H24Br2N2O/c1-11(2)20-15-12(8-13(16)9-14(15)17)10-18-6-5-7-19(3)4/h8-9,11,18H,5-7,10H2,1-4H3. The molecule has 1 aromatic rings. The molecule has 0 aliphatic rings. The highest BCUT2D eigenvalue weighted by atomic mass is 79.9. The highest BCUT2D eigenvalue weighted by molar-refractivity contribution is 9.11. The zero-order valence-electron chi connectivity index (χ0n) is 12.7. The number of halogens is 2. The van der Waals surface area contributed by atoms with Gasteiger partial charge in [-0.25, -0.2) is 0 Å². The Hall–Kier alpha value is -0.100. The average Bonchev–Trinajstić information content (AvgIpc) is 2.32. The lowest BCUT2D eigenvalue weighted by molar-refractivity contribution is 0.238. The van der Waals surface area contributed by atoms with Crippen LogP contribution in [0.25, 0.3) is 0 Å². The second-order valence-electron chi connectivity index (χ2n) is 5.38. The first-order valence-corrected chi connectivity index (χ1v) is 8.48. The van der Waals surface area contributed by atoms with Gasteiger partial charge < -0.3 is 15.0 Å². The molecule has 0 amide bonds. The summed E-state index contributed by atoms with van der Waals surface area (Å²) in [5.74, 6) is 0.934. The number of nitrogens with one attached hydrogen (secondary N) is 1. The van der Waals surface area contributed by atoms with Gasteiger partial charge in [0, 0.05) is 16.6 Å². The predicted molar refractivity (Wildman–Crippen MR) is 92.5 cm³/mol. The molecule has 5 heteroatoms. The van der Waals surface area contributed by atoms with E-state index in [1.807, 2.05) is 19.9 Å². The van der Waals surface area contributed by atoms with E-state index < -0.39 is 0 Å². The van der Waals surface area contributed by atoms with Crippen LogP contribution in [-0.2, 0) is 6.54 Å². The van der Waals surface area contributed by atoms with Crippen molar-refractivity contribution in [1.82, 2.24) is 10.2 Å². The molecule has 0 atom stereocenters. The molecule has 20 heavy (non-hydrogen) atoms. The lowest BCUT2D eigenvalue weighted by Crippen LogP contribution is -2.21. The molecule has 0 aliphatic carbocycles. The Morgan fingerprint density at radius 1 is 1.25 bits per heavy atom. The highest BCUT2D eigenvalue weighted by Gasteiger charge is 2.11. The Morgan fingerprint density at radius 2 is 1.95 bits per heavy atom. The van der Waals surface area contributed by atoms with Gasteiger partial charge in [0.25, 0.3) is 0 Å². The summed E-state index contributed by atoms with van der Waals surface area (Å²) >= 11 is 7.11. The van der Waals surface area contributed by atoms with E-state index in [-0.39, 0.29) is 6.10 Å². The van der Waals surface area contributed by atoms with E-state index in [0.29, 0.717) is 0 Å². The van der Waals surface area contributed by atoms with Crippen LogP contribution in [0.2, 0.25) is 0 Å². The van der Waals surface area contributed by atoms with Crippen molar-refractivity contribution in [3.05, 3.63) is 26.6 Å². The fraction of sp³-hybridized carbons (Fsp3) is 0.600. The zero-order chi connectivity index (χ0) is 15.1. The van der Waals surface area contributed by atoms with Crippen LogP contribution in [0, 0.1) is 0 Å². The van der Waals surface area contributed by atoms with Crippen molar-refractivity contribution in [2.24, 2.45) is 0 Å². The molecule has 0 aliphatic heterocycles. The number of rotatable bonds is 8. The maximum atomic E-state index is 5.91. The summed E-state index contributed by atoms with van der Waals surface area (Å²) in [7, 11) is 4.19. The number of nitrogens with zero attached hydrogens (tertiary/aromatic N) is 1. The Morgan fingerprint density at radius 3 is 2.55 bits per heavy atom. The SMILES string of the molecule is CC(C)Oc1c(Br)cc(Br)cc1CNCCCN(C)C. The minimum absolute atomic E-state index is 0.167. The lowest BCUT2D eigenvalue weighted by atomic mass is 10.2. The molecule has 0 heterocycles. The molecule has 3 nitrogen and oxygen atoms in total. The average molecular weight is 408 g/mol. The van der Waals surface area contributed by atoms with Crippen LogP contribution in [0.4, 0.5) is 0 Å². The van der Waals surface area contributed by atoms with Gasteiger partial charge in [-0.2, -0.15) is 0 Å². The van der Waals surface area contributed by atoms with Gasteiger partial charge in [-0.15, -0.1) is 0 Å². The number of hydrogen-bond acceptors (Lipinski definition) is 3. The third-order valence-corrected chi connectivity index (χ3v) is 3.76. The van der Waals surface area contributed by atoms with E-state index in [0.717, 1.165) is 40.8 Å². The summed E-state index contributed by atoms with van der Waals surface area (Å²) in [4.78, 5) is 2.20. The summed E-state index contributed by atoms with van der Waals surface area (Å²) in [6.45, 7) is 7.01. The molecule has 1 N–H and O–H groups in total. The Kier molecular flexibility index (Phi) is 8.10. The van der Waals surface area contributed by atoms with Crippen molar-refractivity contribution in [3.63, 3.8) is 0 Å². The minimum atomic E-state index is 0.167. The van der Waals surface area contributed by atoms with Gasteiger partial charge in [0.1, 0.15) is 5.75 Å². The minimum Gasteiger partial charge on any atom is -0.489 e. The zero-order valence-corrected chi connectivity index (χ0v) is 15.8. The first kappa shape index (κ1) is 18.0. The van der Waals surface area contributed by atoms with Crippen LogP contribution in [0.15, 0.2) is 21.1 Å². The molecule has 1 aromatic carbocycles. The van der Waals surface area contributed by atoms with Gasteiger partial charge in [-0.1, -0.05) is 15.9 Å². The number of hydrogen-bond donors (Lipinski definition) is 1. The Labute approximate surface area is 139 Å². The van der Waals surface area contributed by atoms with Crippen LogP contribution in [0.1, 0.15) is 25.8 Å². The van der Waals surface area contributed by atoms with E-state index in [2.05, 4.69) is 62.2 Å². The predicted octanol–water partition coefficient (Wildman–Crippen LogP) is 4.04. The van der Waals surface area contributed by atoms with Crippen molar-refractivity contribution in [1.29, 1.82) is 0 Å². The quantitative estimate of drug-likeness (QED) is 0.658. The van der Waals surface area contributed by atoms with Gasteiger partial charge in [0.05, 0.1) is 10.6 Å². The van der Waals surface area contributed by atoms with Crippen molar-refractivity contribution in [2.75, 3.05) is 27.2 Å². The molecule has 0 unspecified atom stereocenters. The second-order valence-corrected chi connectivity index (χ2v) is 7.15. The molecule has 0 spiro atoms. The monoisotopic (exact) mass is 406 g/mol. The van der Waals surface area contributed by atoms with Crippen LogP contribution in [-0.4, -0.2) is 38.2 Å². The third kappa shape index (κ3) is 6.57. The van der Waals surface area contributed by atoms with Crippen LogP contribution < -0.4 is 10.1 Å². The van der Waals surface area contributed by atoms with Crippen molar-refractivity contribution >= 4 is 31.9 Å². The highest BCUT2D eigenvalue weighted by Crippen LogP contribution is 2.33. The topological polar surface area (TPSA) is 24.5 Å². The van der Waals surface area contributed by atoms with Gasteiger partial charge in [0.15, 0.2) is 0 Å². The molecular formula is C15H24Br2N2O. The Bertz CT molecular complexity index is 423. The molecule has 0 saturated heterocycles. The van der Waals surface area contributed by atoms with E-state index >= 15 is 0 Å². The second kappa shape index (κ2) is 9.03. The molecule has 0 aromatic heterocycles. The Balaban J connectivity index is 2.63. The van der Waals surface area contributed by atoms with Gasteiger partial charge in [0.2, 0.25) is 0 Å². The van der Waals surface area contributed by atoms with Crippen molar-refractivity contribution < 1.29 is 4.74 Å². The van der Waals surface area contributed by atoms with Crippen LogP contribution in [0.3, 0.4) is 0 Å². The van der Waals surface area contributed by atoms with E-state index in [4.69, 9.17) is 4.74 Å². The van der Waals surface area contributed by atoms with Crippen LogP contribution >= 0.6 is 31.9 Å². The van der Waals surface area contributed by atoms with Crippen LogP contribution in [0.5, 0.6) is 5.75 Å². The summed E-state index contributed by atoms with van der Waals surface area (Å²) in [5, 5.41) is 3.48. The van der Waals surface area contributed by atoms with E-state index in [1.54, 1.807) is 0 Å². The largest absolute Gasteiger partial charge is 0.489 e. The van der Waals surface area contributed by atoms with Crippen molar-refractivity contribution in [2.45, 2.75) is 32.9 Å². The lowest BCUT2D eigenvalue weighted by Gasteiger charge is -2.17. The molecule has 0 saturated carbocycles. The first-order chi connectivity index (χ1) is 9.40. The first-order valence-electron chi connectivity index (χ1n) is 6.90. The van der Waals surface area contributed by atoms with E-state index in [1.165, 1.54) is 5.56 Å². The van der Waals surface area contributed by atoms with Crippen molar-refractivity contribution in [3.8, 4) is 5.75 Å². The van der Waals surface area contributed by atoms with Gasteiger partial charge in [-0.3, -0.25) is 0 Å². The fourth-order valence-electron chi connectivity index (χ4n) is 1.86. The molecule has 0 radical (unpaired) electrons. The number of benzene rings is 1. The summed E-state index contributed by atoms with van der Waals surface area (Å²) in [6.07, 6.45) is 1.31. The van der Waals surface area contributed by atoms with Gasteiger partial charge >= 0.3 is 0 Å².